The van der Waals surface area contributed by atoms with Crippen molar-refractivity contribution >= 4 is 5.97 Å². The first-order valence-electron chi connectivity index (χ1n) is 4.65. The Morgan fingerprint density at radius 1 is 1.54 bits per heavy atom. The molecule has 1 aliphatic heterocycles. The summed E-state index contributed by atoms with van der Waals surface area (Å²) in [6.07, 6.45) is 1.95. The third-order valence-corrected chi connectivity index (χ3v) is 2.26. The number of carbonyl (C=O) groups excluding carboxylic acids is 1. The van der Waals surface area contributed by atoms with Crippen LogP contribution in [-0.2, 0) is 14.3 Å². The molecule has 0 bridgehead atoms. The Morgan fingerprint density at radius 3 is 2.69 bits per heavy atom. The minimum absolute atomic E-state index is 0.202. The Morgan fingerprint density at radius 2 is 2.15 bits per heavy atom. The molecule has 0 aliphatic carbocycles. The molecule has 1 atom stereocenters. The van der Waals surface area contributed by atoms with E-state index >= 15 is 0 Å². The summed E-state index contributed by atoms with van der Waals surface area (Å²) >= 11 is 0. The predicted molar refractivity (Wildman–Crippen MR) is 48.5 cm³/mol. The van der Waals surface area contributed by atoms with Crippen molar-refractivity contribution in [1.29, 1.82) is 0 Å². The fourth-order valence-corrected chi connectivity index (χ4v) is 1.46. The van der Waals surface area contributed by atoms with Crippen molar-refractivity contribution in [3.8, 4) is 0 Å². The van der Waals surface area contributed by atoms with Crippen LogP contribution in [0.15, 0.2) is 0 Å². The molecule has 0 unspecified atom stereocenters. The lowest BCUT2D eigenvalue weighted by molar-refractivity contribution is -0.143. The molecular weight excluding hydrogens is 170 g/mol. The SMILES string of the molecule is COC(=O)[C@@H](C)NC1CCOCC1. The highest BCUT2D eigenvalue weighted by Gasteiger charge is 2.19. The van der Waals surface area contributed by atoms with E-state index in [0.717, 1.165) is 26.1 Å². The number of ether oxygens (including phenoxy) is 2. The van der Waals surface area contributed by atoms with Gasteiger partial charge in [-0.25, -0.2) is 0 Å². The Bertz CT molecular complexity index is 166. The summed E-state index contributed by atoms with van der Waals surface area (Å²) in [7, 11) is 1.41. The number of hydrogen-bond acceptors (Lipinski definition) is 4. The van der Waals surface area contributed by atoms with Gasteiger partial charge in [-0.1, -0.05) is 0 Å². The van der Waals surface area contributed by atoms with Crippen molar-refractivity contribution in [2.75, 3.05) is 20.3 Å². The van der Waals surface area contributed by atoms with E-state index in [-0.39, 0.29) is 12.0 Å². The molecule has 0 aromatic carbocycles. The van der Waals surface area contributed by atoms with Gasteiger partial charge in [-0.15, -0.1) is 0 Å². The van der Waals surface area contributed by atoms with E-state index in [1.54, 1.807) is 0 Å². The van der Waals surface area contributed by atoms with Gasteiger partial charge in [-0.2, -0.15) is 0 Å². The second-order valence-corrected chi connectivity index (χ2v) is 3.30. The average molecular weight is 187 g/mol. The molecule has 4 heteroatoms. The van der Waals surface area contributed by atoms with Crippen LogP contribution in [0.2, 0.25) is 0 Å². The minimum Gasteiger partial charge on any atom is -0.468 e. The Hall–Kier alpha value is -0.610. The minimum atomic E-state index is -0.215. The smallest absolute Gasteiger partial charge is 0.322 e. The molecule has 0 aromatic heterocycles. The van der Waals surface area contributed by atoms with Crippen molar-refractivity contribution in [1.82, 2.24) is 5.32 Å². The van der Waals surface area contributed by atoms with Crippen LogP contribution < -0.4 is 5.32 Å². The van der Waals surface area contributed by atoms with Gasteiger partial charge >= 0.3 is 5.97 Å². The fraction of sp³-hybridized carbons (Fsp3) is 0.889. The first-order valence-corrected chi connectivity index (χ1v) is 4.65. The zero-order valence-corrected chi connectivity index (χ0v) is 8.21. The van der Waals surface area contributed by atoms with Gasteiger partial charge in [0, 0.05) is 19.3 Å². The average Bonchev–Trinajstić information content (AvgIpc) is 2.18. The molecule has 0 saturated carbocycles. The number of carbonyl (C=O) groups is 1. The Labute approximate surface area is 78.6 Å². The van der Waals surface area contributed by atoms with Gasteiger partial charge in [0.25, 0.3) is 0 Å². The van der Waals surface area contributed by atoms with E-state index < -0.39 is 0 Å². The monoisotopic (exact) mass is 187 g/mol. The zero-order chi connectivity index (χ0) is 9.68. The first-order chi connectivity index (χ1) is 6.24. The van der Waals surface area contributed by atoms with Gasteiger partial charge in [-0.3, -0.25) is 4.79 Å². The maximum atomic E-state index is 11.1. The third-order valence-electron chi connectivity index (χ3n) is 2.26. The van der Waals surface area contributed by atoms with E-state index in [9.17, 15) is 4.79 Å². The summed E-state index contributed by atoms with van der Waals surface area (Å²) in [5, 5.41) is 3.21. The summed E-state index contributed by atoms with van der Waals surface area (Å²) in [6.45, 7) is 3.39. The number of rotatable bonds is 3. The standard InChI is InChI=1S/C9H17NO3/c1-7(9(11)12-2)10-8-3-5-13-6-4-8/h7-8,10H,3-6H2,1-2H3/t7-/m1/s1. The maximum Gasteiger partial charge on any atom is 0.322 e. The van der Waals surface area contributed by atoms with Gasteiger partial charge in [0.1, 0.15) is 6.04 Å². The second kappa shape index (κ2) is 5.19. The highest BCUT2D eigenvalue weighted by molar-refractivity contribution is 5.75. The third kappa shape index (κ3) is 3.32. The van der Waals surface area contributed by atoms with Crippen LogP contribution in [-0.4, -0.2) is 38.4 Å². The quantitative estimate of drug-likeness (QED) is 0.646. The molecule has 0 aromatic rings. The van der Waals surface area contributed by atoms with Crippen LogP contribution in [0.1, 0.15) is 19.8 Å². The molecule has 4 nitrogen and oxygen atoms in total. The molecule has 0 amide bonds. The van der Waals surface area contributed by atoms with Crippen molar-refractivity contribution in [2.45, 2.75) is 31.8 Å². The topological polar surface area (TPSA) is 47.6 Å². The number of esters is 1. The lowest BCUT2D eigenvalue weighted by atomic mass is 10.1. The normalized spacial score (nSPS) is 21.1. The van der Waals surface area contributed by atoms with E-state index in [4.69, 9.17) is 4.74 Å². The molecule has 76 valence electrons. The van der Waals surface area contributed by atoms with Crippen LogP contribution in [0.5, 0.6) is 0 Å². The first kappa shape index (κ1) is 10.5. The van der Waals surface area contributed by atoms with Crippen LogP contribution in [0, 0.1) is 0 Å². The van der Waals surface area contributed by atoms with Crippen molar-refractivity contribution < 1.29 is 14.3 Å². The number of hydrogen-bond donors (Lipinski definition) is 1. The Kier molecular flexibility index (Phi) is 4.18. The summed E-state index contributed by atoms with van der Waals surface area (Å²) in [4.78, 5) is 11.1. The molecule has 1 N–H and O–H groups in total. The summed E-state index contributed by atoms with van der Waals surface area (Å²) in [5.74, 6) is -0.202. The van der Waals surface area contributed by atoms with E-state index in [2.05, 4.69) is 10.1 Å². The van der Waals surface area contributed by atoms with Crippen molar-refractivity contribution in [3.63, 3.8) is 0 Å². The van der Waals surface area contributed by atoms with Gasteiger partial charge in [0.2, 0.25) is 0 Å². The van der Waals surface area contributed by atoms with E-state index in [1.807, 2.05) is 6.92 Å². The molecular formula is C9H17NO3. The maximum absolute atomic E-state index is 11.1. The zero-order valence-electron chi connectivity index (χ0n) is 8.21. The lowest BCUT2D eigenvalue weighted by Gasteiger charge is -2.25. The molecule has 1 fully saturated rings. The predicted octanol–water partition coefficient (Wildman–Crippen LogP) is 0.316. The van der Waals surface area contributed by atoms with Crippen molar-refractivity contribution in [2.24, 2.45) is 0 Å². The van der Waals surface area contributed by atoms with Crippen LogP contribution in [0.4, 0.5) is 0 Å². The van der Waals surface area contributed by atoms with Gasteiger partial charge in [-0.05, 0) is 19.8 Å². The summed E-state index contributed by atoms with van der Waals surface area (Å²) in [6, 6.07) is 0.177. The lowest BCUT2D eigenvalue weighted by Crippen LogP contribution is -2.44. The molecule has 0 spiro atoms. The number of nitrogens with one attached hydrogen (secondary N) is 1. The Balaban J connectivity index is 2.25. The molecule has 13 heavy (non-hydrogen) atoms. The van der Waals surface area contributed by atoms with Gasteiger partial charge in [0.15, 0.2) is 0 Å². The largest absolute Gasteiger partial charge is 0.468 e. The van der Waals surface area contributed by atoms with Crippen LogP contribution >= 0.6 is 0 Å². The van der Waals surface area contributed by atoms with Crippen LogP contribution in [0.25, 0.3) is 0 Å². The summed E-state index contributed by atoms with van der Waals surface area (Å²) < 4.78 is 9.83. The fourth-order valence-electron chi connectivity index (χ4n) is 1.46. The van der Waals surface area contributed by atoms with Crippen molar-refractivity contribution in [3.05, 3.63) is 0 Å². The highest BCUT2D eigenvalue weighted by Crippen LogP contribution is 2.07. The van der Waals surface area contributed by atoms with Gasteiger partial charge < -0.3 is 14.8 Å². The number of methoxy groups -OCH3 is 1. The molecule has 1 rings (SSSR count). The molecule has 1 saturated heterocycles. The van der Waals surface area contributed by atoms with E-state index in [0.29, 0.717) is 6.04 Å². The van der Waals surface area contributed by atoms with Crippen LogP contribution in [0.3, 0.4) is 0 Å². The van der Waals surface area contributed by atoms with Gasteiger partial charge in [0.05, 0.1) is 7.11 Å². The molecule has 1 aliphatic rings. The van der Waals surface area contributed by atoms with E-state index in [1.165, 1.54) is 7.11 Å². The summed E-state index contributed by atoms with van der Waals surface area (Å²) in [5.41, 5.74) is 0. The second-order valence-electron chi connectivity index (χ2n) is 3.30. The molecule has 1 heterocycles. The molecule has 0 radical (unpaired) electrons. The highest BCUT2D eigenvalue weighted by atomic mass is 16.5.